The van der Waals surface area contributed by atoms with Gasteiger partial charge in [-0.05, 0) is 42.0 Å². The van der Waals surface area contributed by atoms with Gasteiger partial charge in [-0.15, -0.1) is 0 Å². The van der Waals surface area contributed by atoms with Crippen LogP contribution in [0.15, 0.2) is 53.2 Å². The van der Waals surface area contributed by atoms with Crippen molar-refractivity contribution in [1.82, 2.24) is 0 Å². The van der Waals surface area contributed by atoms with Crippen LogP contribution in [0, 0.1) is 0 Å². The Hall–Kier alpha value is -2.30. The summed E-state index contributed by atoms with van der Waals surface area (Å²) in [4.78, 5) is 16.2. The summed E-state index contributed by atoms with van der Waals surface area (Å²) >= 11 is 12.0. The van der Waals surface area contributed by atoms with E-state index in [0.29, 0.717) is 26.9 Å². The second-order valence-corrected chi connectivity index (χ2v) is 5.58. The van der Waals surface area contributed by atoms with Crippen molar-refractivity contribution in [3.8, 4) is 5.75 Å². The molecule has 1 heterocycles. The van der Waals surface area contributed by atoms with Gasteiger partial charge in [0.25, 0.3) is 0 Å². The second-order valence-electron chi connectivity index (χ2n) is 4.73. The van der Waals surface area contributed by atoms with Crippen molar-refractivity contribution < 1.29 is 14.3 Å². The Bertz CT molecular complexity index is 843. The lowest BCUT2D eigenvalue weighted by molar-refractivity contribution is -0.129. The molecule has 0 amide bonds. The summed E-state index contributed by atoms with van der Waals surface area (Å²) in [6.07, 6.45) is 1.56. The molecular formula is C17H11Cl2NO3. The minimum Gasteiger partial charge on any atom is -0.497 e. The van der Waals surface area contributed by atoms with Crippen LogP contribution in [0.25, 0.3) is 6.08 Å². The van der Waals surface area contributed by atoms with Gasteiger partial charge in [0, 0.05) is 15.6 Å². The largest absolute Gasteiger partial charge is 0.497 e. The first-order chi connectivity index (χ1) is 11.1. The van der Waals surface area contributed by atoms with Gasteiger partial charge in [-0.25, -0.2) is 9.79 Å². The predicted octanol–water partition coefficient (Wildman–Crippen LogP) is 4.35. The number of ether oxygens (including phenoxy) is 2. The summed E-state index contributed by atoms with van der Waals surface area (Å²) in [5, 5.41) is 0.953. The van der Waals surface area contributed by atoms with Gasteiger partial charge in [0.1, 0.15) is 5.75 Å². The molecular weight excluding hydrogens is 337 g/mol. The van der Waals surface area contributed by atoms with E-state index in [4.69, 9.17) is 32.7 Å². The van der Waals surface area contributed by atoms with Crippen LogP contribution >= 0.6 is 23.2 Å². The molecule has 0 saturated heterocycles. The Morgan fingerprint density at radius 1 is 1.17 bits per heavy atom. The monoisotopic (exact) mass is 347 g/mol. The molecule has 1 aliphatic rings. The molecule has 0 N–H and O–H groups in total. The van der Waals surface area contributed by atoms with E-state index in [1.165, 1.54) is 0 Å². The molecule has 0 fully saturated rings. The van der Waals surface area contributed by atoms with Gasteiger partial charge in [-0.1, -0.05) is 35.3 Å². The standard InChI is InChI=1S/C17H11Cl2NO3/c1-22-13-4-2-3-11(7-13)16-20-15(17(21)23-16)8-10-5-6-12(18)9-14(10)19/h2-9H,1H3/b15-8+. The number of benzene rings is 2. The predicted molar refractivity (Wildman–Crippen MR) is 90.1 cm³/mol. The average Bonchev–Trinajstić information content (AvgIpc) is 2.91. The number of cyclic esters (lactones) is 1. The van der Waals surface area contributed by atoms with Crippen LogP contribution in [-0.2, 0) is 9.53 Å². The molecule has 0 atom stereocenters. The molecule has 4 nitrogen and oxygen atoms in total. The third-order valence-corrected chi connectivity index (χ3v) is 3.75. The number of rotatable bonds is 3. The van der Waals surface area contributed by atoms with Crippen molar-refractivity contribution in [2.24, 2.45) is 4.99 Å². The van der Waals surface area contributed by atoms with Crippen LogP contribution in [0.2, 0.25) is 10.0 Å². The summed E-state index contributed by atoms with van der Waals surface area (Å²) in [5.41, 5.74) is 1.47. The number of hydrogen-bond donors (Lipinski definition) is 0. The fourth-order valence-corrected chi connectivity index (χ4v) is 2.52. The summed E-state index contributed by atoms with van der Waals surface area (Å²) < 4.78 is 10.4. The third kappa shape index (κ3) is 3.38. The van der Waals surface area contributed by atoms with Crippen molar-refractivity contribution in [2.45, 2.75) is 0 Å². The van der Waals surface area contributed by atoms with E-state index in [1.807, 2.05) is 0 Å². The molecule has 0 aliphatic carbocycles. The van der Waals surface area contributed by atoms with E-state index in [2.05, 4.69) is 4.99 Å². The van der Waals surface area contributed by atoms with Crippen molar-refractivity contribution >= 4 is 41.1 Å². The number of methoxy groups -OCH3 is 1. The van der Waals surface area contributed by atoms with Crippen LogP contribution in [0.3, 0.4) is 0 Å². The second kappa shape index (κ2) is 6.44. The summed E-state index contributed by atoms with van der Waals surface area (Å²) in [6.45, 7) is 0. The van der Waals surface area contributed by atoms with E-state index in [-0.39, 0.29) is 11.6 Å². The van der Waals surface area contributed by atoms with Gasteiger partial charge < -0.3 is 9.47 Å². The van der Waals surface area contributed by atoms with Gasteiger partial charge in [-0.2, -0.15) is 0 Å². The van der Waals surface area contributed by atoms with E-state index >= 15 is 0 Å². The van der Waals surface area contributed by atoms with Crippen molar-refractivity contribution in [3.05, 3.63) is 69.3 Å². The number of nitrogens with zero attached hydrogens (tertiary/aromatic N) is 1. The first-order valence-corrected chi connectivity index (χ1v) is 7.44. The number of halogens is 2. The van der Waals surface area contributed by atoms with Crippen molar-refractivity contribution in [3.63, 3.8) is 0 Å². The zero-order valence-corrected chi connectivity index (χ0v) is 13.6. The zero-order chi connectivity index (χ0) is 16.4. The Morgan fingerprint density at radius 2 is 2.00 bits per heavy atom. The highest BCUT2D eigenvalue weighted by Gasteiger charge is 2.24. The Morgan fingerprint density at radius 3 is 2.74 bits per heavy atom. The number of carbonyl (C=O) groups excluding carboxylic acids is 1. The number of esters is 1. The minimum absolute atomic E-state index is 0.173. The molecule has 0 aromatic heterocycles. The van der Waals surface area contributed by atoms with Crippen molar-refractivity contribution in [1.29, 1.82) is 0 Å². The Kier molecular flexibility index (Phi) is 4.37. The first kappa shape index (κ1) is 15.6. The quantitative estimate of drug-likeness (QED) is 0.612. The maximum Gasteiger partial charge on any atom is 0.363 e. The van der Waals surface area contributed by atoms with Gasteiger partial charge in [0.05, 0.1) is 7.11 Å². The van der Waals surface area contributed by atoms with Gasteiger partial charge in [0.2, 0.25) is 5.90 Å². The lowest BCUT2D eigenvalue weighted by Gasteiger charge is -2.02. The van der Waals surface area contributed by atoms with E-state index < -0.39 is 5.97 Å². The molecule has 6 heteroatoms. The molecule has 23 heavy (non-hydrogen) atoms. The molecule has 0 saturated carbocycles. The topological polar surface area (TPSA) is 47.9 Å². The SMILES string of the molecule is COc1cccc(C2=N/C(=C/c3ccc(Cl)cc3Cl)C(=O)O2)c1. The molecule has 0 bridgehead atoms. The van der Waals surface area contributed by atoms with Gasteiger partial charge >= 0.3 is 5.97 Å². The summed E-state index contributed by atoms with van der Waals surface area (Å²) in [6, 6.07) is 12.1. The van der Waals surface area contributed by atoms with Crippen LogP contribution in [0.1, 0.15) is 11.1 Å². The molecule has 3 rings (SSSR count). The lowest BCUT2D eigenvalue weighted by atomic mass is 10.2. The Balaban J connectivity index is 1.96. The minimum atomic E-state index is -0.533. The van der Waals surface area contributed by atoms with E-state index in [1.54, 1.807) is 55.7 Å². The maximum absolute atomic E-state index is 12.0. The number of carbonyl (C=O) groups is 1. The number of hydrogen-bond acceptors (Lipinski definition) is 4. The highest BCUT2D eigenvalue weighted by atomic mass is 35.5. The highest BCUT2D eigenvalue weighted by molar-refractivity contribution is 6.35. The maximum atomic E-state index is 12.0. The smallest absolute Gasteiger partial charge is 0.363 e. The molecule has 2 aromatic rings. The van der Waals surface area contributed by atoms with Crippen LogP contribution in [-0.4, -0.2) is 19.0 Å². The molecule has 116 valence electrons. The number of aliphatic imine (C=N–C) groups is 1. The fourth-order valence-electron chi connectivity index (χ4n) is 2.05. The molecule has 0 radical (unpaired) electrons. The van der Waals surface area contributed by atoms with Crippen molar-refractivity contribution in [2.75, 3.05) is 7.11 Å². The molecule has 0 spiro atoms. The van der Waals surface area contributed by atoms with E-state index in [9.17, 15) is 4.79 Å². The highest BCUT2D eigenvalue weighted by Crippen LogP contribution is 2.26. The molecule has 2 aromatic carbocycles. The third-order valence-electron chi connectivity index (χ3n) is 3.19. The molecule has 0 unspecified atom stereocenters. The van der Waals surface area contributed by atoms with E-state index in [0.717, 1.165) is 0 Å². The van der Waals surface area contributed by atoms with Gasteiger partial charge in [0.15, 0.2) is 5.70 Å². The fraction of sp³-hybridized carbons (Fsp3) is 0.0588. The summed E-state index contributed by atoms with van der Waals surface area (Å²) in [5.74, 6) is 0.346. The molecule has 1 aliphatic heterocycles. The average molecular weight is 348 g/mol. The van der Waals surface area contributed by atoms with Crippen LogP contribution in [0.4, 0.5) is 0 Å². The first-order valence-electron chi connectivity index (χ1n) is 6.69. The lowest BCUT2D eigenvalue weighted by Crippen LogP contribution is -2.05. The van der Waals surface area contributed by atoms with Crippen LogP contribution < -0.4 is 4.74 Å². The van der Waals surface area contributed by atoms with Gasteiger partial charge in [-0.3, -0.25) is 0 Å². The Labute approximate surface area is 143 Å². The summed E-state index contributed by atoms with van der Waals surface area (Å²) in [7, 11) is 1.56. The normalized spacial score (nSPS) is 15.5. The van der Waals surface area contributed by atoms with Crippen LogP contribution in [0.5, 0.6) is 5.75 Å². The zero-order valence-electron chi connectivity index (χ0n) is 12.0.